The number of aryl methyl sites for hydroxylation is 2. The van der Waals surface area contributed by atoms with Crippen LogP contribution in [0.5, 0.6) is 0 Å². The third-order valence-corrected chi connectivity index (χ3v) is 5.14. The summed E-state index contributed by atoms with van der Waals surface area (Å²) in [5.41, 5.74) is 2.28. The molecule has 0 bridgehead atoms. The zero-order valence-corrected chi connectivity index (χ0v) is 17.5. The van der Waals surface area contributed by atoms with Gasteiger partial charge in [0, 0.05) is 24.0 Å². The van der Waals surface area contributed by atoms with Gasteiger partial charge in [0.05, 0.1) is 37.2 Å². The van der Waals surface area contributed by atoms with Crippen LogP contribution in [-0.4, -0.2) is 50.4 Å². The molecule has 1 saturated heterocycles. The SMILES string of the molecule is Cc1nc(C)c(CC(=O)N2CCOC(c3ccc(Nc4ccccn4)cn3)C2)c(=O)[nH]1. The summed E-state index contributed by atoms with van der Waals surface area (Å²) in [6.45, 7) is 4.74. The molecule has 3 aromatic heterocycles. The lowest BCUT2D eigenvalue weighted by atomic mass is 10.1. The number of hydrogen-bond donors (Lipinski definition) is 2. The van der Waals surface area contributed by atoms with Gasteiger partial charge in [-0.2, -0.15) is 0 Å². The maximum Gasteiger partial charge on any atom is 0.254 e. The maximum atomic E-state index is 12.8. The second-order valence-electron chi connectivity index (χ2n) is 7.40. The van der Waals surface area contributed by atoms with Gasteiger partial charge in [0.25, 0.3) is 5.56 Å². The summed E-state index contributed by atoms with van der Waals surface area (Å²) < 4.78 is 5.85. The number of carbonyl (C=O) groups excluding carboxylic acids is 1. The summed E-state index contributed by atoms with van der Waals surface area (Å²) in [7, 11) is 0. The molecule has 0 radical (unpaired) electrons. The van der Waals surface area contributed by atoms with Crippen molar-refractivity contribution in [3.05, 3.63) is 75.9 Å². The van der Waals surface area contributed by atoms with E-state index in [1.165, 1.54) is 0 Å². The molecule has 2 N–H and O–H groups in total. The zero-order chi connectivity index (χ0) is 21.8. The molecule has 1 aliphatic rings. The van der Waals surface area contributed by atoms with Gasteiger partial charge in [0.2, 0.25) is 5.91 Å². The fourth-order valence-corrected chi connectivity index (χ4v) is 3.53. The van der Waals surface area contributed by atoms with Crippen LogP contribution in [0.15, 0.2) is 47.5 Å². The summed E-state index contributed by atoms with van der Waals surface area (Å²) in [4.78, 5) is 42.4. The number of pyridine rings is 2. The van der Waals surface area contributed by atoms with E-state index in [2.05, 4.69) is 25.3 Å². The molecule has 160 valence electrons. The first-order valence-electron chi connectivity index (χ1n) is 10.1. The van der Waals surface area contributed by atoms with Gasteiger partial charge in [-0.3, -0.25) is 14.6 Å². The molecule has 4 heterocycles. The lowest BCUT2D eigenvalue weighted by Gasteiger charge is -2.32. The number of amides is 1. The summed E-state index contributed by atoms with van der Waals surface area (Å²) >= 11 is 0. The molecule has 0 spiro atoms. The minimum Gasteiger partial charge on any atom is -0.368 e. The van der Waals surface area contributed by atoms with Crippen LogP contribution in [-0.2, 0) is 16.0 Å². The Labute approximate surface area is 179 Å². The first-order valence-corrected chi connectivity index (χ1v) is 10.1. The molecule has 0 saturated carbocycles. The number of aromatic amines is 1. The van der Waals surface area contributed by atoms with E-state index in [1.807, 2.05) is 30.3 Å². The largest absolute Gasteiger partial charge is 0.368 e. The van der Waals surface area contributed by atoms with Crippen molar-refractivity contribution in [3.8, 4) is 0 Å². The molecule has 31 heavy (non-hydrogen) atoms. The Kier molecular flexibility index (Phi) is 6.03. The number of aromatic nitrogens is 4. The predicted octanol–water partition coefficient (Wildman–Crippen LogP) is 2.06. The van der Waals surface area contributed by atoms with Crippen LogP contribution in [0.3, 0.4) is 0 Å². The Morgan fingerprint density at radius 2 is 2.13 bits per heavy atom. The van der Waals surface area contributed by atoms with Crippen molar-refractivity contribution in [2.24, 2.45) is 0 Å². The zero-order valence-electron chi connectivity index (χ0n) is 17.5. The van der Waals surface area contributed by atoms with Crippen LogP contribution in [0.2, 0.25) is 0 Å². The topological polar surface area (TPSA) is 113 Å². The van der Waals surface area contributed by atoms with Gasteiger partial charge in [-0.05, 0) is 38.1 Å². The first-order chi connectivity index (χ1) is 15.0. The predicted molar refractivity (Wildman–Crippen MR) is 115 cm³/mol. The van der Waals surface area contributed by atoms with Crippen molar-refractivity contribution in [3.63, 3.8) is 0 Å². The first kappa shape index (κ1) is 20.7. The quantitative estimate of drug-likeness (QED) is 0.650. The molecule has 1 unspecified atom stereocenters. The van der Waals surface area contributed by atoms with Crippen molar-refractivity contribution in [2.75, 3.05) is 25.0 Å². The third-order valence-electron chi connectivity index (χ3n) is 5.14. The monoisotopic (exact) mass is 420 g/mol. The lowest BCUT2D eigenvalue weighted by molar-refractivity contribution is -0.138. The smallest absolute Gasteiger partial charge is 0.254 e. The van der Waals surface area contributed by atoms with Crippen molar-refractivity contribution in [2.45, 2.75) is 26.4 Å². The van der Waals surface area contributed by atoms with Gasteiger partial charge in [0.15, 0.2) is 0 Å². The summed E-state index contributed by atoms with van der Waals surface area (Å²) in [6.07, 6.45) is 3.13. The van der Waals surface area contributed by atoms with Crippen LogP contribution >= 0.6 is 0 Å². The number of hydrogen-bond acceptors (Lipinski definition) is 7. The molecule has 1 aliphatic heterocycles. The average molecular weight is 420 g/mol. The molecule has 1 amide bonds. The van der Waals surface area contributed by atoms with Gasteiger partial charge < -0.3 is 19.9 Å². The van der Waals surface area contributed by atoms with E-state index in [0.717, 1.165) is 17.2 Å². The number of ether oxygens (including phenoxy) is 1. The van der Waals surface area contributed by atoms with Crippen LogP contribution in [0.4, 0.5) is 11.5 Å². The van der Waals surface area contributed by atoms with E-state index < -0.39 is 0 Å². The van der Waals surface area contributed by atoms with Gasteiger partial charge in [0.1, 0.15) is 17.7 Å². The summed E-state index contributed by atoms with van der Waals surface area (Å²) in [5, 5.41) is 3.19. The molecule has 3 aromatic rings. The average Bonchev–Trinajstić information content (AvgIpc) is 2.77. The van der Waals surface area contributed by atoms with E-state index in [-0.39, 0.29) is 24.0 Å². The van der Waals surface area contributed by atoms with E-state index in [1.54, 1.807) is 31.1 Å². The number of H-pyrrole nitrogens is 1. The van der Waals surface area contributed by atoms with Gasteiger partial charge >= 0.3 is 0 Å². The molecule has 1 atom stereocenters. The Morgan fingerprint density at radius 3 is 2.84 bits per heavy atom. The fraction of sp³-hybridized carbons (Fsp3) is 0.318. The van der Waals surface area contributed by atoms with Gasteiger partial charge in [-0.1, -0.05) is 6.07 Å². The number of rotatable bonds is 5. The van der Waals surface area contributed by atoms with Crippen LogP contribution < -0.4 is 10.9 Å². The Hall–Kier alpha value is -3.59. The van der Waals surface area contributed by atoms with Gasteiger partial charge in [-0.15, -0.1) is 0 Å². The number of carbonyl (C=O) groups is 1. The normalized spacial score (nSPS) is 16.2. The molecule has 1 fully saturated rings. The van der Waals surface area contributed by atoms with Crippen LogP contribution in [0.1, 0.15) is 28.9 Å². The fourth-order valence-electron chi connectivity index (χ4n) is 3.53. The standard InChI is InChI=1S/C22H24N6O3/c1-14-17(22(30)26-15(2)25-14)11-21(29)28-9-10-31-19(13-28)18-7-6-16(12-24-18)27-20-5-3-4-8-23-20/h3-8,12,19H,9-11,13H2,1-2H3,(H,23,27)(H,25,26,30). The molecule has 9 nitrogen and oxygen atoms in total. The number of morpholine rings is 1. The van der Waals surface area contributed by atoms with E-state index in [4.69, 9.17) is 4.74 Å². The van der Waals surface area contributed by atoms with Crippen LogP contribution in [0.25, 0.3) is 0 Å². The van der Waals surface area contributed by atoms with E-state index in [0.29, 0.717) is 36.8 Å². The Bertz CT molecular complexity index is 1110. The highest BCUT2D eigenvalue weighted by molar-refractivity contribution is 5.79. The molecule has 0 aliphatic carbocycles. The maximum absolute atomic E-state index is 12.8. The van der Waals surface area contributed by atoms with Crippen LogP contribution in [0, 0.1) is 13.8 Å². The van der Waals surface area contributed by atoms with E-state index in [9.17, 15) is 9.59 Å². The van der Waals surface area contributed by atoms with E-state index >= 15 is 0 Å². The van der Waals surface area contributed by atoms with Crippen molar-refractivity contribution in [1.82, 2.24) is 24.8 Å². The second-order valence-corrected chi connectivity index (χ2v) is 7.40. The number of anilines is 2. The third kappa shape index (κ3) is 4.95. The highest BCUT2D eigenvalue weighted by Gasteiger charge is 2.27. The molecule has 9 heteroatoms. The highest BCUT2D eigenvalue weighted by atomic mass is 16.5. The van der Waals surface area contributed by atoms with Crippen molar-refractivity contribution < 1.29 is 9.53 Å². The molecular formula is C22H24N6O3. The molecule has 4 rings (SSSR count). The summed E-state index contributed by atoms with van der Waals surface area (Å²) in [5.74, 6) is 1.15. The minimum absolute atomic E-state index is 0.0154. The lowest BCUT2D eigenvalue weighted by Crippen LogP contribution is -2.43. The van der Waals surface area contributed by atoms with Crippen molar-refractivity contribution in [1.29, 1.82) is 0 Å². The minimum atomic E-state index is -0.322. The Morgan fingerprint density at radius 1 is 1.26 bits per heavy atom. The summed E-state index contributed by atoms with van der Waals surface area (Å²) in [6, 6.07) is 9.41. The number of nitrogens with zero attached hydrogens (tertiary/aromatic N) is 4. The molecular weight excluding hydrogens is 396 g/mol. The second kappa shape index (κ2) is 9.05. The van der Waals surface area contributed by atoms with Crippen molar-refractivity contribution >= 4 is 17.4 Å². The molecule has 0 aromatic carbocycles. The number of nitrogens with one attached hydrogen (secondary N) is 2. The highest BCUT2D eigenvalue weighted by Crippen LogP contribution is 2.23. The van der Waals surface area contributed by atoms with Gasteiger partial charge in [-0.25, -0.2) is 9.97 Å². The Balaban J connectivity index is 1.41.